The summed E-state index contributed by atoms with van der Waals surface area (Å²) in [7, 11) is 1.62. The van der Waals surface area contributed by atoms with Gasteiger partial charge in [0, 0.05) is 69.0 Å². The lowest BCUT2D eigenvalue weighted by Gasteiger charge is -2.52. The molecule has 1 aromatic heterocycles. The van der Waals surface area contributed by atoms with Crippen molar-refractivity contribution in [3.05, 3.63) is 142 Å². The molecular weight excluding hydrogens is 868 g/mol. The summed E-state index contributed by atoms with van der Waals surface area (Å²) in [4.78, 5) is 51.6. The number of carboxylic acid groups (broad SMARTS) is 2. The van der Waals surface area contributed by atoms with Crippen molar-refractivity contribution in [2.24, 2.45) is 0 Å². The van der Waals surface area contributed by atoms with Gasteiger partial charge in [0.15, 0.2) is 0 Å². The second-order valence-electron chi connectivity index (χ2n) is 17.6. The Bertz CT molecular complexity index is 2690. The van der Waals surface area contributed by atoms with Crippen LogP contribution in [0.5, 0.6) is 11.5 Å². The third-order valence-electron chi connectivity index (χ3n) is 13.4. The molecule has 2 atom stereocenters. The number of alkyl halides is 3. The first-order valence-electron chi connectivity index (χ1n) is 22.0. The van der Waals surface area contributed by atoms with Crippen molar-refractivity contribution in [3.8, 4) is 11.5 Å². The second-order valence-corrected chi connectivity index (χ2v) is 17.6. The summed E-state index contributed by atoms with van der Waals surface area (Å²) in [5.41, 5.74) is 2.29. The number of carbonyl (C=O) groups is 3. The molecule has 2 aliphatic rings. The minimum Gasteiger partial charge on any atom is -0.507 e. The van der Waals surface area contributed by atoms with Gasteiger partial charge in [0.2, 0.25) is 0 Å². The number of benzene rings is 5. The minimum absolute atomic E-state index is 0.000198. The van der Waals surface area contributed by atoms with Gasteiger partial charge in [0.05, 0.1) is 35.2 Å². The average molecular weight is 922 g/mol. The van der Waals surface area contributed by atoms with Gasteiger partial charge in [-0.1, -0.05) is 60.7 Å². The lowest BCUT2D eigenvalue weighted by molar-refractivity contribution is -0.137. The van der Waals surface area contributed by atoms with Crippen LogP contribution in [0.25, 0.3) is 21.5 Å². The average Bonchev–Trinajstić information content (AvgIpc) is 3.29. The Hall–Kier alpha value is -6.62. The molecule has 2 aliphatic heterocycles. The minimum atomic E-state index is -4.35. The zero-order valence-electron chi connectivity index (χ0n) is 38.0. The fraction of sp³-hybridized carbons (Fsp3) is 0.353. The summed E-state index contributed by atoms with van der Waals surface area (Å²) in [6, 6.07) is 22.3. The molecule has 0 spiro atoms. The molecule has 0 unspecified atom stereocenters. The van der Waals surface area contributed by atoms with Gasteiger partial charge in [-0.3, -0.25) is 14.6 Å². The first kappa shape index (κ1) is 48.3. The maximum absolute atomic E-state index is 13.2. The van der Waals surface area contributed by atoms with Crippen LogP contribution in [-0.2, 0) is 17.3 Å². The number of rotatable bonds is 10. The van der Waals surface area contributed by atoms with Crippen LogP contribution in [0.4, 0.5) is 13.2 Å². The molecule has 13 nitrogen and oxygen atoms in total. The van der Waals surface area contributed by atoms with Crippen LogP contribution in [0.1, 0.15) is 97.4 Å². The van der Waals surface area contributed by atoms with Crippen molar-refractivity contribution in [3.63, 3.8) is 0 Å². The normalized spacial score (nSPS) is 17.2. The molecule has 67 heavy (non-hydrogen) atoms. The number of hydrogen-bond acceptors (Lipinski definition) is 10. The lowest BCUT2D eigenvalue weighted by Crippen LogP contribution is -2.62. The predicted molar refractivity (Wildman–Crippen MR) is 247 cm³/mol. The van der Waals surface area contributed by atoms with E-state index in [4.69, 9.17) is 4.74 Å². The number of phenols is 2. The van der Waals surface area contributed by atoms with Crippen molar-refractivity contribution in [1.29, 1.82) is 0 Å². The molecule has 4 N–H and O–H groups in total. The topological polar surface area (TPSA) is 177 Å². The van der Waals surface area contributed by atoms with Crippen LogP contribution in [0.2, 0.25) is 0 Å². The summed E-state index contributed by atoms with van der Waals surface area (Å²) >= 11 is 0. The molecule has 0 saturated carbocycles. The smallest absolute Gasteiger partial charge is 0.416 e. The molecule has 5 aromatic carbocycles. The summed E-state index contributed by atoms with van der Waals surface area (Å²) in [6.45, 7) is 12.4. The van der Waals surface area contributed by atoms with Crippen molar-refractivity contribution in [2.45, 2.75) is 70.8 Å². The predicted octanol–water partition coefficient (Wildman–Crippen LogP) is 8.89. The fourth-order valence-electron chi connectivity index (χ4n) is 9.61. The van der Waals surface area contributed by atoms with Gasteiger partial charge >= 0.3 is 18.1 Å². The van der Waals surface area contributed by atoms with E-state index in [-0.39, 0.29) is 41.1 Å². The van der Waals surface area contributed by atoms with Crippen molar-refractivity contribution in [1.82, 2.24) is 24.7 Å². The quantitative estimate of drug-likeness (QED) is 0.103. The first-order valence-corrected chi connectivity index (χ1v) is 22.0. The Morgan fingerprint density at radius 3 is 1.76 bits per heavy atom. The van der Waals surface area contributed by atoms with E-state index in [2.05, 4.69) is 33.6 Å². The summed E-state index contributed by atoms with van der Waals surface area (Å²) in [5, 5.41) is 42.8. The molecule has 3 heterocycles. The largest absolute Gasteiger partial charge is 0.507 e. The number of methoxy groups -OCH3 is 1. The Labute approximate surface area is 386 Å². The highest BCUT2D eigenvalue weighted by Gasteiger charge is 2.42. The number of aromatic nitrogens is 2. The molecule has 6 aromatic rings. The molecule has 2 saturated heterocycles. The molecule has 0 bridgehead atoms. The maximum atomic E-state index is 13.2. The Morgan fingerprint density at radius 2 is 1.30 bits per heavy atom. The number of nitrogens with zero attached hydrogens (tertiary/aromatic N) is 5. The molecule has 2 fully saturated rings. The highest BCUT2D eigenvalue weighted by atomic mass is 19.4. The van der Waals surface area contributed by atoms with Gasteiger partial charge in [0.1, 0.15) is 29.0 Å². The zero-order valence-corrected chi connectivity index (χ0v) is 38.0. The first-order chi connectivity index (χ1) is 31.8. The monoisotopic (exact) mass is 921 g/mol. The number of carbonyl (C=O) groups excluding carboxylic acids is 1. The maximum Gasteiger partial charge on any atom is 0.416 e. The van der Waals surface area contributed by atoms with Gasteiger partial charge in [-0.2, -0.15) is 13.2 Å². The zero-order chi connectivity index (χ0) is 48.4. The van der Waals surface area contributed by atoms with Crippen LogP contribution >= 0.6 is 0 Å². The number of likely N-dealkylation sites (tertiary alicyclic amines) is 1. The number of fused-ring (bicyclic) bond motifs is 2. The van der Waals surface area contributed by atoms with Crippen LogP contribution in [0, 0.1) is 13.8 Å². The van der Waals surface area contributed by atoms with E-state index >= 15 is 0 Å². The van der Waals surface area contributed by atoms with Gasteiger partial charge in [-0.15, -0.1) is 0 Å². The van der Waals surface area contributed by atoms with Crippen LogP contribution in [0.3, 0.4) is 0 Å². The molecule has 8 rings (SSSR count). The van der Waals surface area contributed by atoms with Crippen LogP contribution in [-0.4, -0.2) is 121 Å². The lowest BCUT2D eigenvalue weighted by atomic mass is 9.86. The third kappa shape index (κ3) is 10.1. The highest BCUT2D eigenvalue weighted by molar-refractivity contribution is 6.02. The molecule has 0 aliphatic carbocycles. The fourth-order valence-corrected chi connectivity index (χ4v) is 9.61. The van der Waals surface area contributed by atoms with Crippen LogP contribution in [0.15, 0.2) is 91.3 Å². The van der Waals surface area contributed by atoms with E-state index in [1.165, 1.54) is 18.5 Å². The molecular formula is C51H54F3N5O8. The van der Waals surface area contributed by atoms with E-state index in [0.717, 1.165) is 50.2 Å². The SMILES string of the molecule is COC[C@@H](c1ccc(C(F)(F)F)cc1)N1CCN(C2(C)CCN(C(=O)c3c(C)ncnc3C)CC2)C[C@@H]1C.O=C(O)c1cc2ccccc2c(Cc2c(O)c(C(=O)O)cc3ccccc23)c1O. The van der Waals surface area contributed by atoms with Gasteiger partial charge in [-0.25, -0.2) is 19.6 Å². The standard InChI is InChI=1S/C28H38F3N5O2.C23H16O6/c1-19-16-35(14-15-36(19)24(17-38-5)22-6-8-23(9-7-22)28(29,30)31)27(4)10-12-34(13-11-27)26(37)25-20(2)32-18-33-21(25)3;24-20-16(14-7-3-1-5-12(14)9-18(20)22(26)27)11-17-15-8-4-2-6-13(15)10-19(21(17)25)23(28)29/h6-9,18-19,24H,10-17H2,1-5H3;1-10,24-25H,11H2,(H,26,27)(H,28,29)/t19-,24-;/m0./s1. The Morgan fingerprint density at radius 1 is 0.791 bits per heavy atom. The van der Waals surface area contributed by atoms with E-state index in [9.17, 15) is 48.0 Å². The number of aromatic hydroxyl groups is 2. The number of hydrogen-bond donors (Lipinski definition) is 4. The van der Waals surface area contributed by atoms with Gasteiger partial charge in [-0.05, 0) is 91.9 Å². The number of halogens is 3. The summed E-state index contributed by atoms with van der Waals surface area (Å²) in [5.74, 6) is -3.36. The number of aryl methyl sites for hydroxylation is 2. The van der Waals surface area contributed by atoms with Crippen LogP contribution < -0.4 is 0 Å². The molecule has 0 radical (unpaired) electrons. The Balaban J connectivity index is 0.000000206. The molecule has 1 amide bonds. The highest BCUT2D eigenvalue weighted by Crippen LogP contribution is 2.40. The number of ether oxygens (including phenoxy) is 1. The van der Waals surface area contributed by atoms with E-state index in [0.29, 0.717) is 69.3 Å². The summed E-state index contributed by atoms with van der Waals surface area (Å²) < 4.78 is 44.7. The third-order valence-corrected chi connectivity index (χ3v) is 13.4. The number of piperidine rings is 1. The van der Waals surface area contributed by atoms with Crippen molar-refractivity contribution >= 4 is 39.4 Å². The van der Waals surface area contributed by atoms with E-state index < -0.39 is 35.2 Å². The van der Waals surface area contributed by atoms with E-state index in [1.807, 2.05) is 18.7 Å². The van der Waals surface area contributed by atoms with Crippen molar-refractivity contribution < 1.29 is 52.7 Å². The second kappa shape index (κ2) is 19.7. The number of piperazine rings is 1. The number of aromatic carboxylic acids is 2. The van der Waals surface area contributed by atoms with Gasteiger partial charge in [0.25, 0.3) is 5.91 Å². The molecule has 16 heteroatoms. The molecule has 352 valence electrons. The number of amides is 1. The number of carboxylic acids is 2. The van der Waals surface area contributed by atoms with E-state index in [1.54, 1.807) is 67.8 Å². The van der Waals surface area contributed by atoms with Gasteiger partial charge < -0.3 is 30.1 Å². The van der Waals surface area contributed by atoms with Crippen molar-refractivity contribution in [2.75, 3.05) is 46.4 Å². The Kier molecular flexibility index (Phi) is 14.2. The summed E-state index contributed by atoms with van der Waals surface area (Å²) in [6.07, 6.45) is -1.16.